The van der Waals surface area contributed by atoms with Crippen molar-refractivity contribution in [2.24, 2.45) is 0 Å². The number of rotatable bonds is 4. The van der Waals surface area contributed by atoms with Crippen molar-refractivity contribution in [3.63, 3.8) is 0 Å². The Hall–Kier alpha value is -1.59. The second-order valence-electron chi connectivity index (χ2n) is 7.60. The molecule has 0 aliphatic carbocycles. The van der Waals surface area contributed by atoms with Crippen molar-refractivity contribution in [1.29, 1.82) is 0 Å². The van der Waals surface area contributed by atoms with Crippen molar-refractivity contribution in [3.05, 3.63) is 34.9 Å². The molecule has 25 heavy (non-hydrogen) atoms. The number of nitrogens with zero attached hydrogens (tertiary/aromatic N) is 2. The van der Waals surface area contributed by atoms with Gasteiger partial charge in [0, 0.05) is 36.7 Å². The van der Waals surface area contributed by atoms with Crippen LogP contribution in [0.25, 0.3) is 0 Å². The number of hydrogen-bond acceptors (Lipinski definition) is 3. The van der Waals surface area contributed by atoms with Gasteiger partial charge < -0.3 is 10.2 Å². The summed E-state index contributed by atoms with van der Waals surface area (Å²) in [5, 5.41) is 3.64. The molecule has 0 saturated carbocycles. The van der Waals surface area contributed by atoms with E-state index in [1.54, 1.807) is 6.07 Å². The number of hydrogen-bond donors (Lipinski definition) is 1. The maximum Gasteiger partial charge on any atom is 0.237 e. The zero-order valence-electron chi connectivity index (χ0n) is 15.5. The number of benzene rings is 1. The summed E-state index contributed by atoms with van der Waals surface area (Å²) < 4.78 is 0. The van der Waals surface area contributed by atoms with Gasteiger partial charge in [0.2, 0.25) is 11.8 Å². The third-order valence-corrected chi connectivity index (χ3v) is 4.76. The fourth-order valence-electron chi connectivity index (χ4n) is 2.91. The molecular weight excluding hydrogens is 338 g/mol. The lowest BCUT2D eigenvalue weighted by atomic mass is 10.1. The molecule has 1 heterocycles. The Morgan fingerprint density at radius 2 is 1.76 bits per heavy atom. The molecule has 1 atom stereocenters. The molecule has 0 bridgehead atoms. The highest BCUT2D eigenvalue weighted by molar-refractivity contribution is 6.31. The van der Waals surface area contributed by atoms with E-state index in [1.165, 1.54) is 0 Å². The molecule has 1 aromatic rings. The lowest BCUT2D eigenvalue weighted by Gasteiger charge is -2.38. The van der Waals surface area contributed by atoms with Crippen LogP contribution in [0.3, 0.4) is 0 Å². The van der Waals surface area contributed by atoms with Crippen molar-refractivity contribution in [1.82, 2.24) is 15.1 Å². The first kappa shape index (κ1) is 19.7. The molecular formula is C19H28ClN3O2. The van der Waals surface area contributed by atoms with Crippen LogP contribution in [-0.4, -0.2) is 59.4 Å². The van der Waals surface area contributed by atoms with E-state index in [9.17, 15) is 9.59 Å². The van der Waals surface area contributed by atoms with Crippen LogP contribution in [0.1, 0.15) is 33.3 Å². The molecule has 1 aliphatic heterocycles. The predicted molar refractivity (Wildman–Crippen MR) is 101 cm³/mol. The standard InChI is InChI=1S/C19H28ClN3O2/c1-14(18(25)21-19(2,3)4)22-9-11-23(12-10-22)17(24)13-15-7-5-6-8-16(15)20/h5-8,14H,9-13H2,1-4H3,(H,21,25). The summed E-state index contributed by atoms with van der Waals surface area (Å²) in [5.41, 5.74) is 0.618. The second kappa shape index (κ2) is 8.19. The van der Waals surface area contributed by atoms with E-state index in [1.807, 2.05) is 50.8 Å². The van der Waals surface area contributed by atoms with E-state index < -0.39 is 0 Å². The maximum atomic E-state index is 12.5. The van der Waals surface area contributed by atoms with Crippen molar-refractivity contribution >= 4 is 23.4 Å². The molecule has 6 heteroatoms. The number of nitrogens with one attached hydrogen (secondary N) is 1. The van der Waals surface area contributed by atoms with Gasteiger partial charge in [-0.1, -0.05) is 29.8 Å². The van der Waals surface area contributed by atoms with E-state index >= 15 is 0 Å². The first-order valence-electron chi connectivity index (χ1n) is 8.74. The minimum Gasteiger partial charge on any atom is -0.350 e. The van der Waals surface area contributed by atoms with Crippen LogP contribution in [-0.2, 0) is 16.0 Å². The minimum atomic E-state index is -0.238. The molecule has 0 radical (unpaired) electrons. The molecule has 1 N–H and O–H groups in total. The van der Waals surface area contributed by atoms with Crippen LogP contribution in [0.2, 0.25) is 5.02 Å². The summed E-state index contributed by atoms with van der Waals surface area (Å²) in [7, 11) is 0. The topological polar surface area (TPSA) is 52.7 Å². The van der Waals surface area contributed by atoms with Crippen molar-refractivity contribution in [2.45, 2.75) is 45.7 Å². The monoisotopic (exact) mass is 365 g/mol. The second-order valence-corrected chi connectivity index (χ2v) is 8.01. The van der Waals surface area contributed by atoms with E-state index in [-0.39, 0.29) is 23.4 Å². The van der Waals surface area contributed by atoms with Gasteiger partial charge in [0.1, 0.15) is 0 Å². The molecule has 1 saturated heterocycles. The molecule has 138 valence electrons. The molecule has 1 fully saturated rings. The molecule has 1 unspecified atom stereocenters. The van der Waals surface area contributed by atoms with Gasteiger partial charge in [0.15, 0.2) is 0 Å². The summed E-state index contributed by atoms with van der Waals surface area (Å²) in [6.45, 7) is 10.5. The average Bonchev–Trinajstić information content (AvgIpc) is 2.55. The Morgan fingerprint density at radius 1 is 1.16 bits per heavy atom. The van der Waals surface area contributed by atoms with Gasteiger partial charge in [-0.3, -0.25) is 14.5 Å². The van der Waals surface area contributed by atoms with Crippen LogP contribution >= 0.6 is 11.6 Å². The van der Waals surface area contributed by atoms with Crippen LogP contribution in [0, 0.1) is 0 Å². The largest absolute Gasteiger partial charge is 0.350 e. The number of carbonyl (C=O) groups excluding carboxylic acids is 2. The number of piperazine rings is 1. The Kier molecular flexibility index (Phi) is 6.47. The first-order valence-corrected chi connectivity index (χ1v) is 9.12. The zero-order chi connectivity index (χ0) is 18.6. The highest BCUT2D eigenvalue weighted by Crippen LogP contribution is 2.17. The van der Waals surface area contributed by atoms with Crippen LogP contribution in [0.5, 0.6) is 0 Å². The maximum absolute atomic E-state index is 12.5. The fraction of sp³-hybridized carbons (Fsp3) is 0.579. The SMILES string of the molecule is CC(C(=O)NC(C)(C)C)N1CCN(C(=O)Cc2ccccc2Cl)CC1. The third kappa shape index (κ3) is 5.72. The molecule has 0 spiro atoms. The van der Waals surface area contributed by atoms with E-state index in [4.69, 9.17) is 11.6 Å². The first-order chi connectivity index (χ1) is 11.7. The quantitative estimate of drug-likeness (QED) is 0.891. The van der Waals surface area contributed by atoms with Gasteiger partial charge in [0.25, 0.3) is 0 Å². The van der Waals surface area contributed by atoms with E-state index in [0.717, 1.165) is 5.56 Å². The van der Waals surface area contributed by atoms with Gasteiger partial charge >= 0.3 is 0 Å². The number of amides is 2. The molecule has 0 aromatic heterocycles. The Morgan fingerprint density at radius 3 is 2.32 bits per heavy atom. The third-order valence-electron chi connectivity index (χ3n) is 4.39. The smallest absolute Gasteiger partial charge is 0.237 e. The van der Waals surface area contributed by atoms with Gasteiger partial charge in [-0.25, -0.2) is 0 Å². The number of halogens is 1. The van der Waals surface area contributed by atoms with Crippen LogP contribution in [0.4, 0.5) is 0 Å². The van der Waals surface area contributed by atoms with Crippen molar-refractivity contribution < 1.29 is 9.59 Å². The predicted octanol–water partition coefficient (Wildman–Crippen LogP) is 2.33. The summed E-state index contributed by atoms with van der Waals surface area (Å²) in [4.78, 5) is 28.8. The van der Waals surface area contributed by atoms with Crippen molar-refractivity contribution in [2.75, 3.05) is 26.2 Å². The van der Waals surface area contributed by atoms with Gasteiger partial charge in [-0.15, -0.1) is 0 Å². The van der Waals surface area contributed by atoms with Crippen LogP contribution < -0.4 is 5.32 Å². The molecule has 5 nitrogen and oxygen atoms in total. The zero-order valence-corrected chi connectivity index (χ0v) is 16.3. The van der Waals surface area contributed by atoms with Gasteiger partial charge in [-0.05, 0) is 39.3 Å². The lowest BCUT2D eigenvalue weighted by Crippen LogP contribution is -2.57. The molecule has 2 rings (SSSR count). The molecule has 1 aromatic carbocycles. The minimum absolute atomic E-state index is 0.0309. The molecule has 1 aliphatic rings. The molecule has 2 amide bonds. The fourth-order valence-corrected chi connectivity index (χ4v) is 3.12. The van der Waals surface area contributed by atoms with Crippen molar-refractivity contribution in [3.8, 4) is 0 Å². The summed E-state index contributed by atoms with van der Waals surface area (Å²) in [6.07, 6.45) is 0.319. The summed E-state index contributed by atoms with van der Waals surface area (Å²) in [6, 6.07) is 7.24. The average molecular weight is 366 g/mol. The highest BCUT2D eigenvalue weighted by atomic mass is 35.5. The van der Waals surface area contributed by atoms with E-state index in [2.05, 4.69) is 10.2 Å². The normalized spacial score (nSPS) is 17.2. The Balaban J connectivity index is 1.85. The summed E-state index contributed by atoms with van der Waals surface area (Å²) >= 11 is 6.14. The van der Waals surface area contributed by atoms with Crippen LogP contribution in [0.15, 0.2) is 24.3 Å². The number of carbonyl (C=O) groups is 2. The van der Waals surface area contributed by atoms with Gasteiger partial charge in [0.05, 0.1) is 12.5 Å². The Labute approximate surface area is 155 Å². The lowest BCUT2D eigenvalue weighted by molar-refractivity contribution is -0.133. The Bertz CT molecular complexity index is 619. The van der Waals surface area contributed by atoms with E-state index in [0.29, 0.717) is 37.6 Å². The van der Waals surface area contributed by atoms with Gasteiger partial charge in [-0.2, -0.15) is 0 Å². The summed E-state index contributed by atoms with van der Waals surface area (Å²) in [5.74, 6) is 0.114. The highest BCUT2D eigenvalue weighted by Gasteiger charge is 2.29.